The second kappa shape index (κ2) is 15.6. The standard InChI is InChI=1S/C63H40N6/c1-3-19-41(20-4-1)46-30-18-31-52-51-29-11-16-36-58(51)69(60(46)52)63-65-61(43-23-17-24-45(39-43)67-54-32-12-7-25-47(54)48-26-8-13-33-55(48)67)64-62(66-63)44-37-38-59(53(40-44)42-21-5-2-6-22-42)68-56-34-14-9-27-49(56)50-28-10-15-35-57(50)68/h1-40H. The highest BCUT2D eigenvalue weighted by Crippen LogP contribution is 2.41. The van der Waals surface area contributed by atoms with E-state index in [9.17, 15) is 0 Å². The quantitative estimate of drug-likeness (QED) is 0.160. The lowest BCUT2D eigenvalue weighted by atomic mass is 10.00. The minimum absolute atomic E-state index is 0.541. The molecule has 0 amide bonds. The van der Waals surface area contributed by atoms with Gasteiger partial charge in [0.2, 0.25) is 5.95 Å². The van der Waals surface area contributed by atoms with Gasteiger partial charge in [0.25, 0.3) is 0 Å². The van der Waals surface area contributed by atoms with E-state index in [1.165, 1.54) is 21.5 Å². The lowest BCUT2D eigenvalue weighted by Gasteiger charge is -2.17. The maximum absolute atomic E-state index is 5.52. The summed E-state index contributed by atoms with van der Waals surface area (Å²) in [7, 11) is 0. The van der Waals surface area contributed by atoms with Gasteiger partial charge in [0, 0.05) is 60.3 Å². The molecule has 69 heavy (non-hydrogen) atoms. The Morgan fingerprint density at radius 2 is 0.681 bits per heavy atom. The zero-order valence-electron chi connectivity index (χ0n) is 37.3. The molecule has 10 aromatic carbocycles. The molecule has 4 aromatic heterocycles. The number of benzene rings is 10. The first-order valence-corrected chi connectivity index (χ1v) is 23.4. The predicted molar refractivity (Wildman–Crippen MR) is 285 cm³/mol. The molecule has 6 heteroatoms. The Balaban J connectivity index is 1.04. The molecule has 0 N–H and O–H groups in total. The van der Waals surface area contributed by atoms with Crippen LogP contribution >= 0.6 is 0 Å². The summed E-state index contributed by atoms with van der Waals surface area (Å²) >= 11 is 0. The molecule has 4 heterocycles. The van der Waals surface area contributed by atoms with E-state index < -0.39 is 0 Å². The van der Waals surface area contributed by atoms with E-state index in [4.69, 9.17) is 15.0 Å². The van der Waals surface area contributed by atoms with Crippen LogP contribution < -0.4 is 0 Å². The average Bonchev–Trinajstić information content (AvgIpc) is 4.07. The third-order valence-corrected chi connectivity index (χ3v) is 13.7. The third-order valence-electron chi connectivity index (χ3n) is 13.7. The first kappa shape index (κ1) is 38.8. The van der Waals surface area contributed by atoms with Crippen molar-refractivity contribution in [1.82, 2.24) is 28.7 Å². The summed E-state index contributed by atoms with van der Waals surface area (Å²) in [6.45, 7) is 0. The number of fused-ring (bicyclic) bond motifs is 9. The van der Waals surface area contributed by atoms with E-state index in [0.717, 1.165) is 88.6 Å². The van der Waals surface area contributed by atoms with Crippen LogP contribution in [0, 0.1) is 0 Å². The first-order valence-electron chi connectivity index (χ1n) is 23.4. The van der Waals surface area contributed by atoms with Crippen molar-refractivity contribution in [2.24, 2.45) is 0 Å². The van der Waals surface area contributed by atoms with Crippen LogP contribution in [0.2, 0.25) is 0 Å². The fourth-order valence-corrected chi connectivity index (χ4v) is 10.7. The van der Waals surface area contributed by atoms with E-state index in [1.807, 2.05) is 0 Å². The summed E-state index contributed by atoms with van der Waals surface area (Å²) in [5.74, 6) is 1.69. The number of para-hydroxylation sites is 6. The molecule has 0 aliphatic heterocycles. The maximum atomic E-state index is 5.52. The molecule has 322 valence electrons. The summed E-state index contributed by atoms with van der Waals surface area (Å²) in [5, 5.41) is 7.11. The van der Waals surface area contributed by atoms with Gasteiger partial charge in [-0.3, -0.25) is 4.57 Å². The van der Waals surface area contributed by atoms with Gasteiger partial charge < -0.3 is 9.13 Å². The van der Waals surface area contributed by atoms with Crippen LogP contribution in [-0.4, -0.2) is 28.7 Å². The molecule has 0 spiro atoms. The number of hydrogen-bond acceptors (Lipinski definition) is 3. The van der Waals surface area contributed by atoms with Crippen LogP contribution in [0.15, 0.2) is 243 Å². The molecular weight excluding hydrogens is 841 g/mol. The van der Waals surface area contributed by atoms with Gasteiger partial charge in [-0.05, 0) is 71.8 Å². The van der Waals surface area contributed by atoms with Crippen molar-refractivity contribution in [2.75, 3.05) is 0 Å². The SMILES string of the molecule is c1ccc(-c2cc(-c3nc(-c4cccc(-n5c6ccccc6c6ccccc65)c4)nc(-n4c5ccccc5c5cccc(-c6ccccc6)c54)n3)ccc2-n2c3ccccc3c3ccccc32)cc1. The van der Waals surface area contributed by atoms with E-state index in [-0.39, 0.29) is 0 Å². The Morgan fingerprint density at radius 1 is 0.261 bits per heavy atom. The molecule has 0 radical (unpaired) electrons. The van der Waals surface area contributed by atoms with Gasteiger partial charge in [0.05, 0.1) is 38.8 Å². The monoisotopic (exact) mass is 880 g/mol. The fourth-order valence-electron chi connectivity index (χ4n) is 10.7. The third kappa shape index (κ3) is 6.16. The molecule has 0 fully saturated rings. The van der Waals surface area contributed by atoms with Crippen molar-refractivity contribution in [3.63, 3.8) is 0 Å². The largest absolute Gasteiger partial charge is 0.309 e. The summed E-state index contributed by atoms with van der Waals surface area (Å²) in [4.78, 5) is 16.5. The lowest BCUT2D eigenvalue weighted by Crippen LogP contribution is -2.07. The Morgan fingerprint density at radius 3 is 1.25 bits per heavy atom. The van der Waals surface area contributed by atoms with Gasteiger partial charge in [-0.2, -0.15) is 9.97 Å². The molecule has 0 unspecified atom stereocenters. The molecule has 0 bridgehead atoms. The molecule has 0 atom stereocenters. The van der Waals surface area contributed by atoms with Gasteiger partial charge in [-0.1, -0.05) is 182 Å². The molecule has 14 aromatic rings. The zero-order chi connectivity index (χ0) is 45.4. The maximum Gasteiger partial charge on any atom is 0.238 e. The van der Waals surface area contributed by atoms with Gasteiger partial charge in [0.1, 0.15) is 0 Å². The summed E-state index contributed by atoms with van der Waals surface area (Å²) < 4.78 is 6.98. The van der Waals surface area contributed by atoms with E-state index in [0.29, 0.717) is 17.6 Å². The fraction of sp³-hybridized carbons (Fsp3) is 0. The van der Waals surface area contributed by atoms with Crippen LogP contribution in [0.4, 0.5) is 0 Å². The molecule has 0 aliphatic carbocycles. The number of aromatic nitrogens is 6. The molecule has 14 rings (SSSR count). The van der Waals surface area contributed by atoms with Crippen molar-refractivity contribution < 1.29 is 0 Å². The van der Waals surface area contributed by atoms with Gasteiger partial charge in [-0.25, -0.2) is 4.98 Å². The van der Waals surface area contributed by atoms with Crippen molar-refractivity contribution in [1.29, 1.82) is 0 Å². The van der Waals surface area contributed by atoms with Crippen molar-refractivity contribution >= 4 is 65.4 Å². The smallest absolute Gasteiger partial charge is 0.238 e. The topological polar surface area (TPSA) is 53.5 Å². The van der Waals surface area contributed by atoms with Gasteiger partial charge >= 0.3 is 0 Å². The van der Waals surface area contributed by atoms with Crippen LogP contribution in [0.3, 0.4) is 0 Å². The number of rotatable bonds is 7. The lowest BCUT2D eigenvalue weighted by molar-refractivity contribution is 0.953. The predicted octanol–water partition coefficient (Wildman–Crippen LogP) is 15.8. The van der Waals surface area contributed by atoms with Crippen LogP contribution in [-0.2, 0) is 0 Å². The van der Waals surface area contributed by atoms with Gasteiger partial charge in [-0.15, -0.1) is 0 Å². The average molecular weight is 881 g/mol. The van der Waals surface area contributed by atoms with Crippen LogP contribution in [0.1, 0.15) is 0 Å². The summed E-state index contributed by atoms with van der Waals surface area (Å²) in [5.41, 5.74) is 14.9. The van der Waals surface area contributed by atoms with Crippen molar-refractivity contribution in [2.45, 2.75) is 0 Å². The molecule has 0 saturated carbocycles. The molecular formula is C63H40N6. The van der Waals surface area contributed by atoms with E-state index in [2.05, 4.69) is 256 Å². The summed E-state index contributed by atoms with van der Waals surface area (Å²) in [6, 6.07) is 86.2. The highest BCUT2D eigenvalue weighted by atomic mass is 15.2. The first-order chi connectivity index (χ1) is 34.2. The minimum atomic E-state index is 0.541. The molecule has 0 aliphatic rings. The van der Waals surface area contributed by atoms with E-state index >= 15 is 0 Å². The minimum Gasteiger partial charge on any atom is -0.309 e. The van der Waals surface area contributed by atoms with Crippen molar-refractivity contribution in [3.8, 4) is 62.4 Å². The summed E-state index contributed by atoms with van der Waals surface area (Å²) in [6.07, 6.45) is 0. The van der Waals surface area contributed by atoms with Crippen LogP contribution in [0.25, 0.3) is 128 Å². The highest BCUT2D eigenvalue weighted by Gasteiger charge is 2.23. The highest BCUT2D eigenvalue weighted by molar-refractivity contribution is 6.14. The van der Waals surface area contributed by atoms with Crippen LogP contribution in [0.5, 0.6) is 0 Å². The molecule has 6 nitrogen and oxygen atoms in total. The number of nitrogens with zero attached hydrogens (tertiary/aromatic N) is 6. The second-order valence-corrected chi connectivity index (χ2v) is 17.6. The Bertz CT molecular complexity index is 4210. The Labute approximate surface area is 397 Å². The zero-order valence-corrected chi connectivity index (χ0v) is 37.3. The van der Waals surface area contributed by atoms with Gasteiger partial charge in [0.15, 0.2) is 11.6 Å². The number of hydrogen-bond donors (Lipinski definition) is 0. The normalized spacial score (nSPS) is 11.8. The molecule has 0 saturated heterocycles. The Hall–Kier alpha value is -9.39. The Kier molecular flexibility index (Phi) is 8.79. The van der Waals surface area contributed by atoms with Crippen molar-refractivity contribution in [3.05, 3.63) is 243 Å². The van der Waals surface area contributed by atoms with E-state index in [1.54, 1.807) is 0 Å². The second-order valence-electron chi connectivity index (χ2n) is 17.6.